The van der Waals surface area contributed by atoms with Crippen molar-refractivity contribution in [2.24, 2.45) is 5.92 Å². The molecule has 0 bridgehead atoms. The average Bonchev–Trinajstić information content (AvgIpc) is 2.38. The molecule has 0 aliphatic rings. The minimum atomic E-state index is 0.457. The Morgan fingerprint density at radius 2 is 2.06 bits per heavy atom. The number of hydrogen-bond acceptors (Lipinski definition) is 3. The predicted molar refractivity (Wildman–Crippen MR) is 78.7 cm³/mol. The maximum atomic E-state index is 5.98. The smallest absolute Gasteiger partial charge is 0.0953 e. The topological polar surface area (TPSA) is 50.9 Å². The van der Waals surface area contributed by atoms with Gasteiger partial charge in [0.25, 0.3) is 0 Å². The normalized spacial score (nSPS) is 12.9. The van der Waals surface area contributed by atoms with Gasteiger partial charge in [-0.1, -0.05) is 20.8 Å². The highest BCUT2D eigenvalue weighted by Crippen LogP contribution is 2.27. The van der Waals surface area contributed by atoms with E-state index in [-0.39, 0.29) is 0 Å². The second-order valence-corrected chi connectivity index (χ2v) is 5.01. The molecule has 96 valence electrons. The van der Waals surface area contributed by atoms with Crippen LogP contribution in [0.15, 0.2) is 30.5 Å². The van der Waals surface area contributed by atoms with Crippen molar-refractivity contribution in [2.75, 3.05) is 11.1 Å². The Hall–Kier alpha value is -1.77. The fraction of sp³-hybridized carbons (Fsp3) is 0.400. The van der Waals surface area contributed by atoms with Crippen LogP contribution in [0.25, 0.3) is 10.9 Å². The van der Waals surface area contributed by atoms with Gasteiger partial charge in [-0.05, 0) is 36.6 Å². The number of hydrogen-bond donors (Lipinski definition) is 2. The summed E-state index contributed by atoms with van der Waals surface area (Å²) in [7, 11) is 0. The first-order chi connectivity index (χ1) is 8.63. The van der Waals surface area contributed by atoms with E-state index >= 15 is 0 Å². The van der Waals surface area contributed by atoms with Crippen molar-refractivity contribution in [3.63, 3.8) is 0 Å². The summed E-state index contributed by atoms with van der Waals surface area (Å²) in [5.74, 6) is 0.589. The summed E-state index contributed by atoms with van der Waals surface area (Å²) in [6, 6.07) is 8.36. The lowest BCUT2D eigenvalue weighted by atomic mass is 10.0. The molecule has 0 aliphatic heterocycles. The zero-order chi connectivity index (χ0) is 13.1. The van der Waals surface area contributed by atoms with Gasteiger partial charge in [-0.3, -0.25) is 4.98 Å². The molecule has 1 unspecified atom stereocenters. The fourth-order valence-corrected chi connectivity index (χ4v) is 2.25. The number of rotatable bonds is 4. The number of pyridine rings is 1. The highest BCUT2D eigenvalue weighted by atomic mass is 14.9. The third kappa shape index (κ3) is 2.40. The molecule has 1 aromatic heterocycles. The number of anilines is 2. The Labute approximate surface area is 108 Å². The van der Waals surface area contributed by atoms with Crippen molar-refractivity contribution in [1.82, 2.24) is 4.98 Å². The van der Waals surface area contributed by atoms with Gasteiger partial charge >= 0.3 is 0 Å². The van der Waals surface area contributed by atoms with Crippen molar-refractivity contribution < 1.29 is 0 Å². The van der Waals surface area contributed by atoms with Crippen LogP contribution in [0.3, 0.4) is 0 Å². The van der Waals surface area contributed by atoms with Crippen molar-refractivity contribution in [3.05, 3.63) is 30.5 Å². The Balaban J connectivity index is 2.42. The van der Waals surface area contributed by atoms with E-state index in [0.717, 1.165) is 28.7 Å². The molecule has 0 fully saturated rings. The number of nitrogen functional groups attached to an aromatic ring is 1. The first-order valence-corrected chi connectivity index (χ1v) is 6.53. The second kappa shape index (κ2) is 5.25. The monoisotopic (exact) mass is 243 g/mol. The summed E-state index contributed by atoms with van der Waals surface area (Å²) in [5.41, 5.74) is 8.78. The highest BCUT2D eigenvalue weighted by Gasteiger charge is 2.13. The molecule has 3 nitrogen and oxygen atoms in total. The summed E-state index contributed by atoms with van der Waals surface area (Å²) >= 11 is 0. The Morgan fingerprint density at radius 1 is 1.28 bits per heavy atom. The molecule has 2 rings (SSSR count). The number of nitrogens with one attached hydrogen (secondary N) is 1. The SMILES string of the molecule is CCC(Nc1ccc(N)c2cccnc12)C(C)C. The second-order valence-electron chi connectivity index (χ2n) is 5.01. The molecule has 0 saturated heterocycles. The highest BCUT2D eigenvalue weighted by molar-refractivity contribution is 5.98. The number of nitrogens with two attached hydrogens (primary N) is 1. The molecule has 0 saturated carbocycles. The molecule has 0 spiro atoms. The molecule has 3 heteroatoms. The summed E-state index contributed by atoms with van der Waals surface area (Å²) in [6.07, 6.45) is 2.90. The molecular formula is C15H21N3. The largest absolute Gasteiger partial charge is 0.398 e. The van der Waals surface area contributed by atoms with Gasteiger partial charge in [-0.2, -0.15) is 0 Å². The van der Waals surface area contributed by atoms with Crippen molar-refractivity contribution in [1.29, 1.82) is 0 Å². The van der Waals surface area contributed by atoms with E-state index in [4.69, 9.17) is 5.73 Å². The summed E-state index contributed by atoms with van der Waals surface area (Å²) in [5, 5.41) is 4.60. The molecule has 1 aromatic carbocycles. The van der Waals surface area contributed by atoms with Crippen molar-refractivity contribution in [2.45, 2.75) is 33.2 Å². The molecule has 0 radical (unpaired) electrons. The van der Waals surface area contributed by atoms with Crippen LogP contribution in [0.1, 0.15) is 27.2 Å². The molecule has 2 aromatic rings. The van der Waals surface area contributed by atoms with Gasteiger partial charge in [-0.15, -0.1) is 0 Å². The third-order valence-corrected chi connectivity index (χ3v) is 3.39. The minimum absolute atomic E-state index is 0.457. The Morgan fingerprint density at radius 3 is 2.72 bits per heavy atom. The lowest BCUT2D eigenvalue weighted by Gasteiger charge is -2.22. The molecular weight excluding hydrogens is 222 g/mol. The molecule has 1 heterocycles. The van der Waals surface area contributed by atoms with E-state index in [0.29, 0.717) is 12.0 Å². The molecule has 3 N–H and O–H groups in total. The van der Waals surface area contributed by atoms with Crippen molar-refractivity contribution in [3.8, 4) is 0 Å². The van der Waals surface area contributed by atoms with E-state index in [1.165, 1.54) is 0 Å². The number of fused-ring (bicyclic) bond motifs is 1. The van der Waals surface area contributed by atoms with Gasteiger partial charge in [0.1, 0.15) is 0 Å². The van der Waals surface area contributed by atoms with Gasteiger partial charge in [-0.25, -0.2) is 0 Å². The fourth-order valence-electron chi connectivity index (χ4n) is 2.25. The van der Waals surface area contributed by atoms with E-state index in [1.807, 2.05) is 30.5 Å². The maximum absolute atomic E-state index is 5.98. The lowest BCUT2D eigenvalue weighted by molar-refractivity contribution is 0.511. The number of aromatic nitrogens is 1. The summed E-state index contributed by atoms with van der Waals surface area (Å²) < 4.78 is 0. The van der Waals surface area contributed by atoms with Crippen LogP contribution in [-0.2, 0) is 0 Å². The predicted octanol–water partition coefficient (Wildman–Crippen LogP) is 3.66. The summed E-state index contributed by atoms with van der Waals surface area (Å²) in [4.78, 5) is 4.45. The van der Waals surface area contributed by atoms with Crippen LogP contribution in [0.4, 0.5) is 11.4 Å². The van der Waals surface area contributed by atoms with E-state index in [1.54, 1.807) is 0 Å². The van der Waals surface area contributed by atoms with E-state index < -0.39 is 0 Å². The third-order valence-electron chi connectivity index (χ3n) is 3.39. The van der Waals surface area contributed by atoms with Crippen LogP contribution in [0, 0.1) is 5.92 Å². The average molecular weight is 243 g/mol. The zero-order valence-corrected chi connectivity index (χ0v) is 11.3. The first-order valence-electron chi connectivity index (χ1n) is 6.53. The van der Waals surface area contributed by atoms with Gasteiger partial charge in [0.05, 0.1) is 11.2 Å². The molecule has 18 heavy (non-hydrogen) atoms. The van der Waals surface area contributed by atoms with Crippen LogP contribution in [-0.4, -0.2) is 11.0 Å². The quantitative estimate of drug-likeness (QED) is 0.806. The number of benzene rings is 1. The Kier molecular flexibility index (Phi) is 3.70. The molecule has 0 aliphatic carbocycles. The standard InChI is InChI=1S/C15H21N3/c1-4-13(10(2)3)18-14-8-7-12(16)11-6-5-9-17-15(11)14/h5-10,13,18H,4,16H2,1-3H3. The lowest BCUT2D eigenvalue weighted by Crippen LogP contribution is -2.24. The molecule has 0 amide bonds. The van der Waals surface area contributed by atoms with Gasteiger partial charge < -0.3 is 11.1 Å². The van der Waals surface area contributed by atoms with Gasteiger partial charge in [0.15, 0.2) is 0 Å². The van der Waals surface area contributed by atoms with Crippen molar-refractivity contribution >= 4 is 22.3 Å². The van der Waals surface area contributed by atoms with Crippen LogP contribution >= 0.6 is 0 Å². The first kappa shape index (κ1) is 12.7. The minimum Gasteiger partial charge on any atom is -0.398 e. The zero-order valence-electron chi connectivity index (χ0n) is 11.3. The number of nitrogens with zero attached hydrogens (tertiary/aromatic N) is 1. The Bertz CT molecular complexity index is 534. The molecule has 1 atom stereocenters. The maximum Gasteiger partial charge on any atom is 0.0953 e. The van der Waals surface area contributed by atoms with E-state index in [2.05, 4.69) is 31.1 Å². The summed E-state index contributed by atoms with van der Waals surface area (Å²) in [6.45, 7) is 6.66. The van der Waals surface area contributed by atoms with Gasteiger partial charge in [0, 0.05) is 23.3 Å². The van der Waals surface area contributed by atoms with Gasteiger partial charge in [0.2, 0.25) is 0 Å². The van der Waals surface area contributed by atoms with Crippen LogP contribution in [0.2, 0.25) is 0 Å². The van der Waals surface area contributed by atoms with Crippen LogP contribution in [0.5, 0.6) is 0 Å². The van der Waals surface area contributed by atoms with Crippen LogP contribution < -0.4 is 11.1 Å². The van der Waals surface area contributed by atoms with E-state index in [9.17, 15) is 0 Å².